The van der Waals surface area contributed by atoms with Crippen LogP contribution in [-0.2, 0) is 11.2 Å². The van der Waals surface area contributed by atoms with Gasteiger partial charge in [0.15, 0.2) is 0 Å². The van der Waals surface area contributed by atoms with E-state index in [0.717, 1.165) is 25.0 Å². The maximum Gasteiger partial charge on any atom is 0.335 e. The predicted molar refractivity (Wildman–Crippen MR) is 178 cm³/mol. The highest BCUT2D eigenvalue weighted by atomic mass is 16.4. The summed E-state index contributed by atoms with van der Waals surface area (Å²) in [6.45, 7) is 12.8. The molecule has 0 bridgehead atoms. The third kappa shape index (κ3) is 4.49. The number of carbonyl (C=O) groups is 2. The van der Waals surface area contributed by atoms with Gasteiger partial charge in [-0.15, -0.1) is 0 Å². The van der Waals surface area contributed by atoms with Crippen LogP contribution in [0.4, 0.5) is 0 Å². The Hall–Kier alpha value is -2.95. The van der Waals surface area contributed by atoms with Crippen LogP contribution in [0.15, 0.2) is 54.7 Å². The molecule has 0 radical (unpaired) electrons. The maximum atomic E-state index is 13.4. The highest BCUT2D eigenvalue weighted by molar-refractivity contribution is 5.88. The summed E-state index contributed by atoms with van der Waals surface area (Å²) in [5.41, 5.74) is 4.50. The summed E-state index contributed by atoms with van der Waals surface area (Å²) in [4.78, 5) is 29.3. The second-order valence-electron chi connectivity index (χ2n) is 16.8. The monoisotopic (exact) mass is 608 g/mol. The van der Waals surface area contributed by atoms with Gasteiger partial charge in [0.2, 0.25) is 5.91 Å². The Balaban J connectivity index is 1.15. The van der Waals surface area contributed by atoms with Crippen LogP contribution in [0.3, 0.4) is 0 Å². The van der Waals surface area contributed by atoms with Crippen LogP contribution < -0.4 is 5.32 Å². The molecule has 0 saturated heterocycles. The summed E-state index contributed by atoms with van der Waals surface area (Å²) >= 11 is 0. The quantitative estimate of drug-likeness (QED) is 0.356. The smallest absolute Gasteiger partial charge is 0.335 e. The number of carbonyl (C=O) groups excluding carboxylic acids is 1. The van der Waals surface area contributed by atoms with Crippen molar-refractivity contribution in [3.63, 3.8) is 0 Å². The summed E-state index contributed by atoms with van der Waals surface area (Å²) in [5, 5.41) is 13.1. The first-order valence-corrected chi connectivity index (χ1v) is 17.6. The van der Waals surface area contributed by atoms with Gasteiger partial charge in [-0.05, 0) is 139 Å². The molecule has 8 atom stereocenters. The van der Waals surface area contributed by atoms with Gasteiger partial charge < -0.3 is 10.4 Å². The van der Waals surface area contributed by atoms with Crippen molar-refractivity contribution < 1.29 is 14.7 Å². The Morgan fingerprint density at radius 3 is 2.33 bits per heavy atom. The first kappa shape index (κ1) is 30.7. The van der Waals surface area contributed by atoms with Crippen molar-refractivity contribution in [3.05, 3.63) is 71.6 Å². The molecule has 1 aromatic carbocycles. The van der Waals surface area contributed by atoms with E-state index in [0.29, 0.717) is 35.7 Å². The van der Waals surface area contributed by atoms with Gasteiger partial charge in [-0.25, -0.2) is 4.79 Å². The Kier molecular flexibility index (Phi) is 7.19. The summed E-state index contributed by atoms with van der Waals surface area (Å²) < 4.78 is 0. The Labute approximate surface area is 269 Å². The molecule has 0 spiro atoms. The molecule has 5 aliphatic carbocycles. The molecule has 5 heteroatoms. The number of benzene rings is 1. The maximum absolute atomic E-state index is 13.4. The molecule has 45 heavy (non-hydrogen) atoms. The summed E-state index contributed by atoms with van der Waals surface area (Å²) in [7, 11) is 0. The number of carboxylic acids is 1. The number of pyridine rings is 1. The van der Waals surface area contributed by atoms with Crippen molar-refractivity contribution in [3.8, 4) is 0 Å². The average Bonchev–Trinajstić information content (AvgIpc) is 3.41. The number of nitrogens with zero attached hydrogens (tertiary/aromatic N) is 1. The minimum absolute atomic E-state index is 0.0158. The third-order valence-electron chi connectivity index (χ3n) is 14.8. The van der Waals surface area contributed by atoms with E-state index >= 15 is 0 Å². The first-order valence-electron chi connectivity index (χ1n) is 17.6. The zero-order valence-electron chi connectivity index (χ0n) is 28.0. The zero-order valence-corrected chi connectivity index (χ0v) is 28.0. The molecule has 7 rings (SSSR count). The summed E-state index contributed by atoms with van der Waals surface area (Å²) in [5.74, 6) is 1.75. The number of hydrogen-bond acceptors (Lipinski definition) is 3. The van der Waals surface area contributed by atoms with Crippen LogP contribution in [0.2, 0.25) is 0 Å². The minimum Gasteiger partial charge on any atom is -0.478 e. The number of allylic oxidation sites excluding steroid dienone is 2. The van der Waals surface area contributed by atoms with E-state index < -0.39 is 5.97 Å². The van der Waals surface area contributed by atoms with Crippen LogP contribution >= 0.6 is 0 Å². The van der Waals surface area contributed by atoms with E-state index in [9.17, 15) is 14.7 Å². The molecular weight excluding hydrogens is 556 g/mol. The van der Waals surface area contributed by atoms with E-state index in [-0.39, 0.29) is 33.1 Å². The lowest BCUT2D eigenvalue weighted by Gasteiger charge is -2.72. The van der Waals surface area contributed by atoms with Crippen molar-refractivity contribution in [2.75, 3.05) is 0 Å². The fourth-order valence-corrected chi connectivity index (χ4v) is 12.7. The molecular formula is C40H52N2O3. The van der Waals surface area contributed by atoms with Gasteiger partial charge in [-0.1, -0.05) is 65.3 Å². The number of rotatable bonds is 5. The van der Waals surface area contributed by atoms with E-state index in [4.69, 9.17) is 0 Å². The van der Waals surface area contributed by atoms with Crippen molar-refractivity contribution in [2.24, 2.45) is 45.3 Å². The van der Waals surface area contributed by atoms with Crippen molar-refractivity contribution in [1.82, 2.24) is 10.3 Å². The standard InChI is InChI=1S/C40H52N2O3/c1-36(2)29(26-11-13-27(14-12-26)35(44)45)17-20-37(3)32(36)18-21-39(5)33(37)16-15-30-31-10-8-19-40(31,23-22-38(30,39)4)42-34(43)25-28-9-6-7-24-41-28/h6-7,9,11-14,17,24,30-33H,8,10,15-16,18-23,25H2,1-5H3,(H,42,43)(H,44,45)/t30-,31?,32?,33?,37+,38-,39-,40+/m1/s1. The van der Waals surface area contributed by atoms with Crippen molar-refractivity contribution >= 4 is 17.4 Å². The fourth-order valence-electron chi connectivity index (χ4n) is 12.7. The van der Waals surface area contributed by atoms with E-state index in [2.05, 4.69) is 51.0 Å². The van der Waals surface area contributed by atoms with Gasteiger partial charge in [0.05, 0.1) is 12.0 Å². The molecule has 0 aliphatic heterocycles. The van der Waals surface area contributed by atoms with E-state index in [1.54, 1.807) is 18.3 Å². The van der Waals surface area contributed by atoms with Gasteiger partial charge in [0.25, 0.3) is 0 Å². The number of carboxylic acid groups (broad SMARTS) is 1. The molecule has 1 heterocycles. The SMILES string of the molecule is CC1(C)C(c2ccc(C(=O)O)cc2)=CC[C@@]2(C)C1CC[C@]1(C)C2CC[C@@H]2C3CCC[C@]3(NC(=O)Cc3ccccn3)CC[C@]21C. The number of nitrogens with one attached hydrogen (secondary N) is 1. The average molecular weight is 609 g/mol. The highest BCUT2D eigenvalue weighted by Crippen LogP contribution is 2.76. The Bertz CT molecular complexity index is 1510. The van der Waals surface area contributed by atoms with Crippen LogP contribution in [0, 0.1) is 45.3 Å². The van der Waals surface area contributed by atoms with Gasteiger partial charge in [0.1, 0.15) is 0 Å². The second-order valence-corrected chi connectivity index (χ2v) is 16.8. The van der Waals surface area contributed by atoms with Gasteiger partial charge in [-0.2, -0.15) is 0 Å². The second kappa shape index (κ2) is 10.5. The fraction of sp³-hybridized carbons (Fsp3) is 0.625. The Morgan fingerprint density at radius 1 is 0.844 bits per heavy atom. The molecule has 5 aliphatic rings. The molecule has 240 valence electrons. The largest absolute Gasteiger partial charge is 0.478 e. The molecule has 2 aromatic rings. The summed E-state index contributed by atoms with van der Waals surface area (Å²) in [6.07, 6.45) is 16.7. The van der Waals surface area contributed by atoms with Crippen molar-refractivity contribution in [2.45, 2.75) is 111 Å². The first-order chi connectivity index (χ1) is 21.3. The number of aromatic carboxylic acids is 1. The van der Waals surface area contributed by atoms with E-state index in [1.807, 2.05) is 30.3 Å². The molecule has 2 N–H and O–H groups in total. The number of aromatic nitrogens is 1. The van der Waals surface area contributed by atoms with Gasteiger partial charge in [-0.3, -0.25) is 9.78 Å². The van der Waals surface area contributed by atoms with Crippen LogP contribution in [0.25, 0.3) is 5.57 Å². The van der Waals surface area contributed by atoms with Gasteiger partial charge in [0, 0.05) is 17.4 Å². The number of amides is 1. The minimum atomic E-state index is -0.869. The normalized spacial score (nSPS) is 39.8. The predicted octanol–water partition coefficient (Wildman–Crippen LogP) is 8.74. The van der Waals surface area contributed by atoms with Crippen molar-refractivity contribution in [1.29, 1.82) is 0 Å². The molecule has 4 fully saturated rings. The molecule has 3 unspecified atom stereocenters. The zero-order chi connectivity index (χ0) is 31.8. The number of hydrogen-bond donors (Lipinski definition) is 2. The third-order valence-corrected chi connectivity index (χ3v) is 14.8. The van der Waals surface area contributed by atoms with Crippen LogP contribution in [-0.4, -0.2) is 27.5 Å². The molecule has 1 amide bonds. The molecule has 1 aromatic heterocycles. The van der Waals surface area contributed by atoms with Gasteiger partial charge >= 0.3 is 5.97 Å². The van der Waals surface area contributed by atoms with E-state index in [1.165, 1.54) is 56.1 Å². The van der Waals surface area contributed by atoms with Crippen LogP contribution in [0.1, 0.15) is 120 Å². The molecule has 4 saturated carbocycles. The van der Waals surface area contributed by atoms with Crippen LogP contribution in [0.5, 0.6) is 0 Å². The lowest BCUT2D eigenvalue weighted by Crippen LogP contribution is -2.67. The topological polar surface area (TPSA) is 79.3 Å². The lowest BCUT2D eigenvalue weighted by atomic mass is 9.33. The summed E-state index contributed by atoms with van der Waals surface area (Å²) in [6, 6.07) is 13.4. The lowest BCUT2D eigenvalue weighted by molar-refractivity contribution is -0.216. The highest BCUT2D eigenvalue weighted by Gasteiger charge is 2.69. The number of fused-ring (bicyclic) bond motifs is 7. The molecule has 5 nitrogen and oxygen atoms in total. The Morgan fingerprint density at radius 2 is 1.62 bits per heavy atom.